The van der Waals surface area contributed by atoms with Crippen molar-refractivity contribution < 1.29 is 4.79 Å². The normalized spacial score (nSPS) is 19.6. The molecule has 1 aliphatic heterocycles. The second-order valence-corrected chi connectivity index (χ2v) is 6.03. The van der Waals surface area contributed by atoms with E-state index in [1.807, 2.05) is 12.3 Å². The molecular weight excluding hydrogens is 260 g/mol. The number of nitrogens with zero attached hydrogens (tertiary/aromatic N) is 2. The molecule has 2 heterocycles. The first-order chi connectivity index (χ1) is 9.17. The first-order valence-electron chi connectivity index (χ1n) is 6.82. The standard InChI is InChI=1S/C13H22N4OS/c1-3-17-5-4-11(8-17)6-14-13(18)15-7-12-9-19-10(2)16-12/h9,11H,3-8H2,1-2H3,(H2,14,15,18)/t11-/m0/s1. The Kier molecular flexibility index (Phi) is 5.15. The third kappa shape index (κ3) is 4.47. The van der Waals surface area contributed by atoms with Gasteiger partial charge in [-0.1, -0.05) is 6.92 Å². The van der Waals surface area contributed by atoms with E-state index in [1.54, 1.807) is 11.3 Å². The van der Waals surface area contributed by atoms with Crippen LogP contribution in [-0.2, 0) is 6.54 Å². The fraction of sp³-hybridized carbons (Fsp3) is 0.692. The van der Waals surface area contributed by atoms with Crippen LogP contribution in [0.1, 0.15) is 24.0 Å². The van der Waals surface area contributed by atoms with Gasteiger partial charge in [0.15, 0.2) is 0 Å². The maximum atomic E-state index is 11.7. The average molecular weight is 282 g/mol. The van der Waals surface area contributed by atoms with Gasteiger partial charge in [0, 0.05) is 18.5 Å². The molecule has 2 amide bonds. The maximum Gasteiger partial charge on any atom is 0.315 e. The van der Waals surface area contributed by atoms with Crippen LogP contribution in [0.5, 0.6) is 0 Å². The second-order valence-electron chi connectivity index (χ2n) is 4.97. The van der Waals surface area contributed by atoms with Crippen molar-refractivity contribution in [1.82, 2.24) is 20.5 Å². The number of carbonyl (C=O) groups excluding carboxylic acids is 1. The summed E-state index contributed by atoms with van der Waals surface area (Å²) in [5.41, 5.74) is 0.927. The van der Waals surface area contributed by atoms with Gasteiger partial charge < -0.3 is 15.5 Å². The van der Waals surface area contributed by atoms with Crippen LogP contribution < -0.4 is 10.6 Å². The van der Waals surface area contributed by atoms with Crippen LogP contribution in [0.4, 0.5) is 4.79 Å². The number of carbonyl (C=O) groups is 1. The van der Waals surface area contributed by atoms with E-state index < -0.39 is 0 Å². The zero-order valence-electron chi connectivity index (χ0n) is 11.6. The molecular formula is C13H22N4OS. The highest BCUT2D eigenvalue weighted by atomic mass is 32.1. The fourth-order valence-corrected chi connectivity index (χ4v) is 2.94. The predicted octanol–water partition coefficient (Wildman–Crippen LogP) is 1.59. The lowest BCUT2D eigenvalue weighted by molar-refractivity contribution is 0.238. The molecule has 0 spiro atoms. The van der Waals surface area contributed by atoms with Crippen LogP contribution in [0.2, 0.25) is 0 Å². The average Bonchev–Trinajstić information content (AvgIpc) is 3.02. The third-order valence-corrected chi connectivity index (χ3v) is 4.29. The lowest BCUT2D eigenvalue weighted by atomic mass is 10.1. The molecule has 2 rings (SSSR count). The minimum Gasteiger partial charge on any atom is -0.338 e. The summed E-state index contributed by atoms with van der Waals surface area (Å²) in [6.45, 7) is 8.77. The number of aromatic nitrogens is 1. The van der Waals surface area contributed by atoms with Crippen molar-refractivity contribution in [2.24, 2.45) is 5.92 Å². The zero-order valence-corrected chi connectivity index (χ0v) is 12.4. The van der Waals surface area contributed by atoms with E-state index in [4.69, 9.17) is 0 Å². The Bertz CT molecular complexity index is 421. The lowest BCUT2D eigenvalue weighted by Gasteiger charge is -2.14. The molecule has 0 unspecified atom stereocenters. The number of nitrogens with one attached hydrogen (secondary N) is 2. The van der Waals surface area contributed by atoms with E-state index in [2.05, 4.69) is 27.4 Å². The van der Waals surface area contributed by atoms with E-state index >= 15 is 0 Å². The van der Waals surface area contributed by atoms with Gasteiger partial charge in [0.1, 0.15) is 0 Å². The number of amides is 2. The summed E-state index contributed by atoms with van der Waals surface area (Å²) in [5, 5.41) is 8.80. The molecule has 2 N–H and O–H groups in total. The Morgan fingerprint density at radius 2 is 2.42 bits per heavy atom. The quantitative estimate of drug-likeness (QED) is 0.862. The third-order valence-electron chi connectivity index (χ3n) is 3.47. The molecule has 0 bridgehead atoms. The SMILES string of the molecule is CCN1CC[C@@H](CNC(=O)NCc2csc(C)n2)C1. The largest absolute Gasteiger partial charge is 0.338 e. The highest BCUT2D eigenvalue weighted by molar-refractivity contribution is 7.09. The Balaban J connectivity index is 1.62. The lowest BCUT2D eigenvalue weighted by Crippen LogP contribution is -2.38. The molecule has 6 heteroatoms. The van der Waals surface area contributed by atoms with Crippen LogP contribution in [0.25, 0.3) is 0 Å². The first kappa shape index (κ1) is 14.3. The minimum absolute atomic E-state index is 0.0967. The van der Waals surface area contributed by atoms with Crippen molar-refractivity contribution in [3.63, 3.8) is 0 Å². The van der Waals surface area contributed by atoms with Gasteiger partial charge in [-0.25, -0.2) is 9.78 Å². The summed E-state index contributed by atoms with van der Waals surface area (Å²) in [4.78, 5) is 18.4. The summed E-state index contributed by atoms with van der Waals surface area (Å²) >= 11 is 1.60. The Hall–Kier alpha value is -1.14. The van der Waals surface area contributed by atoms with Crippen molar-refractivity contribution in [2.45, 2.75) is 26.8 Å². The highest BCUT2D eigenvalue weighted by Crippen LogP contribution is 2.14. The van der Waals surface area contributed by atoms with Gasteiger partial charge in [-0.05, 0) is 32.4 Å². The van der Waals surface area contributed by atoms with Crippen molar-refractivity contribution in [2.75, 3.05) is 26.2 Å². The maximum absolute atomic E-state index is 11.7. The van der Waals surface area contributed by atoms with Crippen molar-refractivity contribution >= 4 is 17.4 Å². The van der Waals surface area contributed by atoms with Gasteiger partial charge in [-0.3, -0.25) is 0 Å². The molecule has 1 aromatic rings. The number of rotatable bonds is 5. The number of aryl methyl sites for hydroxylation is 1. The highest BCUT2D eigenvalue weighted by Gasteiger charge is 2.21. The van der Waals surface area contributed by atoms with Crippen LogP contribution in [0.15, 0.2) is 5.38 Å². The Labute approximate surface area is 118 Å². The molecule has 1 aromatic heterocycles. The van der Waals surface area contributed by atoms with E-state index in [0.29, 0.717) is 12.5 Å². The summed E-state index contributed by atoms with van der Waals surface area (Å²) in [6.07, 6.45) is 1.18. The molecule has 0 radical (unpaired) electrons. The molecule has 1 fully saturated rings. The van der Waals surface area contributed by atoms with Gasteiger partial charge >= 0.3 is 6.03 Å². The summed E-state index contributed by atoms with van der Waals surface area (Å²) in [7, 11) is 0. The summed E-state index contributed by atoms with van der Waals surface area (Å²) in [6, 6.07) is -0.0967. The van der Waals surface area contributed by atoms with E-state index in [0.717, 1.165) is 36.9 Å². The van der Waals surface area contributed by atoms with Crippen molar-refractivity contribution in [3.8, 4) is 0 Å². The fourth-order valence-electron chi connectivity index (χ4n) is 2.33. The number of thiazole rings is 1. The number of hydrogen-bond acceptors (Lipinski definition) is 4. The molecule has 5 nitrogen and oxygen atoms in total. The van der Waals surface area contributed by atoms with Crippen LogP contribution in [0, 0.1) is 12.8 Å². The number of urea groups is 1. The van der Waals surface area contributed by atoms with E-state index in [1.165, 1.54) is 6.42 Å². The molecule has 106 valence electrons. The molecule has 0 aliphatic carbocycles. The number of likely N-dealkylation sites (tertiary alicyclic amines) is 1. The molecule has 0 aromatic carbocycles. The van der Waals surface area contributed by atoms with E-state index in [9.17, 15) is 4.79 Å². The van der Waals surface area contributed by atoms with Crippen LogP contribution in [-0.4, -0.2) is 42.1 Å². The van der Waals surface area contributed by atoms with Gasteiger partial charge in [-0.15, -0.1) is 11.3 Å². The van der Waals surface area contributed by atoms with E-state index in [-0.39, 0.29) is 6.03 Å². The Morgan fingerprint density at radius 1 is 1.58 bits per heavy atom. The summed E-state index contributed by atoms with van der Waals surface area (Å²) in [5.74, 6) is 0.590. The monoisotopic (exact) mass is 282 g/mol. The minimum atomic E-state index is -0.0967. The molecule has 1 saturated heterocycles. The van der Waals surface area contributed by atoms with Crippen LogP contribution in [0.3, 0.4) is 0 Å². The van der Waals surface area contributed by atoms with Crippen molar-refractivity contribution in [3.05, 3.63) is 16.1 Å². The molecule has 1 aliphatic rings. The summed E-state index contributed by atoms with van der Waals surface area (Å²) < 4.78 is 0. The zero-order chi connectivity index (χ0) is 13.7. The van der Waals surface area contributed by atoms with Gasteiger partial charge in [-0.2, -0.15) is 0 Å². The molecule has 0 saturated carbocycles. The van der Waals surface area contributed by atoms with Gasteiger partial charge in [0.05, 0.1) is 17.2 Å². The van der Waals surface area contributed by atoms with Gasteiger partial charge in [0.25, 0.3) is 0 Å². The van der Waals surface area contributed by atoms with Crippen molar-refractivity contribution in [1.29, 1.82) is 0 Å². The Morgan fingerprint density at radius 3 is 3.05 bits per heavy atom. The smallest absolute Gasteiger partial charge is 0.315 e. The van der Waals surface area contributed by atoms with Crippen LogP contribution >= 0.6 is 11.3 Å². The predicted molar refractivity (Wildman–Crippen MR) is 77.3 cm³/mol. The molecule has 1 atom stereocenters. The van der Waals surface area contributed by atoms with Gasteiger partial charge in [0.2, 0.25) is 0 Å². The molecule has 19 heavy (non-hydrogen) atoms. The number of hydrogen-bond donors (Lipinski definition) is 2. The topological polar surface area (TPSA) is 57.3 Å². The second kappa shape index (κ2) is 6.86. The first-order valence-corrected chi connectivity index (χ1v) is 7.70.